The van der Waals surface area contributed by atoms with E-state index in [-0.39, 0.29) is 18.0 Å². The highest BCUT2D eigenvalue weighted by atomic mass is 16.2. The van der Waals surface area contributed by atoms with Crippen LogP contribution in [0.2, 0.25) is 0 Å². The molecule has 2 atom stereocenters. The van der Waals surface area contributed by atoms with Gasteiger partial charge >= 0.3 is 6.03 Å². The fourth-order valence-corrected chi connectivity index (χ4v) is 3.59. The Kier molecular flexibility index (Phi) is 6.59. The molecule has 0 radical (unpaired) electrons. The van der Waals surface area contributed by atoms with Gasteiger partial charge in [0.25, 0.3) is 5.91 Å². The standard InChI is InChI=1S/C23H31N5O2/c1-5-23(3)20(29)28(22(30)27-23)14-8-13-25-21(24-4)26-16(2)18-12-11-17-9-6-7-10-19(17)15-18/h6-7,9-12,15-16H,5,8,13-14H2,1-4H3,(H,27,30)(H2,24,25,26). The van der Waals surface area contributed by atoms with Crippen LogP contribution < -0.4 is 16.0 Å². The highest BCUT2D eigenvalue weighted by Gasteiger charge is 2.45. The van der Waals surface area contributed by atoms with Crippen LogP contribution in [0.4, 0.5) is 4.79 Å². The number of hydrogen-bond donors (Lipinski definition) is 3. The average Bonchev–Trinajstić information content (AvgIpc) is 2.98. The molecular formula is C23H31N5O2. The zero-order valence-electron chi connectivity index (χ0n) is 18.2. The second-order valence-electron chi connectivity index (χ2n) is 7.90. The van der Waals surface area contributed by atoms with Crippen molar-refractivity contribution in [3.8, 4) is 0 Å². The van der Waals surface area contributed by atoms with Crippen molar-refractivity contribution >= 4 is 28.7 Å². The molecule has 3 N–H and O–H groups in total. The number of rotatable bonds is 7. The van der Waals surface area contributed by atoms with Crippen molar-refractivity contribution in [2.24, 2.45) is 4.99 Å². The van der Waals surface area contributed by atoms with Gasteiger partial charge in [-0.2, -0.15) is 0 Å². The van der Waals surface area contributed by atoms with Crippen molar-refractivity contribution < 1.29 is 9.59 Å². The summed E-state index contributed by atoms with van der Waals surface area (Å²) >= 11 is 0. The fraction of sp³-hybridized carbons (Fsp3) is 0.435. The predicted octanol–water partition coefficient (Wildman–Crippen LogP) is 3.18. The molecule has 3 rings (SSSR count). The summed E-state index contributed by atoms with van der Waals surface area (Å²) < 4.78 is 0. The molecule has 160 valence electrons. The molecular weight excluding hydrogens is 378 g/mol. The lowest BCUT2D eigenvalue weighted by Crippen LogP contribution is -2.43. The summed E-state index contributed by atoms with van der Waals surface area (Å²) in [6.07, 6.45) is 1.22. The van der Waals surface area contributed by atoms with Crippen LogP contribution in [0.5, 0.6) is 0 Å². The highest BCUT2D eigenvalue weighted by Crippen LogP contribution is 2.21. The van der Waals surface area contributed by atoms with E-state index in [1.807, 2.05) is 19.1 Å². The van der Waals surface area contributed by atoms with Crippen molar-refractivity contribution in [3.05, 3.63) is 48.0 Å². The van der Waals surface area contributed by atoms with E-state index in [0.717, 1.165) is 0 Å². The maximum absolute atomic E-state index is 12.4. The fourth-order valence-electron chi connectivity index (χ4n) is 3.59. The molecule has 2 aromatic carbocycles. The third-order valence-electron chi connectivity index (χ3n) is 5.75. The lowest BCUT2D eigenvalue weighted by atomic mass is 9.99. The minimum Gasteiger partial charge on any atom is -0.356 e. The van der Waals surface area contributed by atoms with Gasteiger partial charge in [0.1, 0.15) is 5.54 Å². The molecule has 1 fully saturated rings. The minimum atomic E-state index is -0.780. The first-order valence-electron chi connectivity index (χ1n) is 10.5. The molecule has 0 saturated carbocycles. The molecule has 0 spiro atoms. The number of benzene rings is 2. The number of carbonyl (C=O) groups excluding carboxylic acids is 2. The van der Waals surface area contributed by atoms with E-state index >= 15 is 0 Å². The smallest absolute Gasteiger partial charge is 0.325 e. The number of guanidine groups is 1. The van der Waals surface area contributed by atoms with Crippen LogP contribution in [0.25, 0.3) is 10.8 Å². The number of carbonyl (C=O) groups is 2. The van der Waals surface area contributed by atoms with Crippen LogP contribution in [0.1, 0.15) is 45.2 Å². The van der Waals surface area contributed by atoms with Crippen LogP contribution in [0.15, 0.2) is 47.5 Å². The van der Waals surface area contributed by atoms with Gasteiger partial charge in [-0.05, 0) is 49.1 Å². The Balaban J connectivity index is 1.50. The Labute approximate surface area is 177 Å². The van der Waals surface area contributed by atoms with E-state index in [1.54, 1.807) is 14.0 Å². The summed E-state index contributed by atoms with van der Waals surface area (Å²) in [5.74, 6) is 0.536. The Morgan fingerprint density at radius 2 is 1.93 bits per heavy atom. The molecule has 7 heteroatoms. The number of urea groups is 1. The van der Waals surface area contributed by atoms with Crippen LogP contribution >= 0.6 is 0 Å². The third kappa shape index (κ3) is 4.56. The Bertz CT molecular complexity index is 958. The van der Waals surface area contributed by atoms with Crippen LogP contribution in [0, 0.1) is 0 Å². The summed E-state index contributed by atoms with van der Waals surface area (Å²) in [4.78, 5) is 30.1. The molecule has 0 aromatic heterocycles. The monoisotopic (exact) mass is 409 g/mol. The van der Waals surface area contributed by atoms with Crippen LogP contribution in [0.3, 0.4) is 0 Å². The van der Waals surface area contributed by atoms with Gasteiger partial charge < -0.3 is 16.0 Å². The van der Waals surface area contributed by atoms with Crippen LogP contribution in [-0.2, 0) is 4.79 Å². The SMILES string of the molecule is CCC1(C)NC(=O)N(CCCNC(=NC)NC(C)c2ccc3ccccc3c2)C1=O. The normalized spacial score (nSPS) is 20.4. The number of imide groups is 1. The van der Waals surface area contributed by atoms with Crippen molar-refractivity contribution in [2.45, 2.75) is 45.2 Å². The van der Waals surface area contributed by atoms with E-state index < -0.39 is 5.54 Å². The summed E-state index contributed by atoms with van der Waals surface area (Å²) in [5.41, 5.74) is 0.395. The van der Waals surface area contributed by atoms with Gasteiger partial charge in [-0.15, -0.1) is 0 Å². The van der Waals surface area contributed by atoms with Crippen molar-refractivity contribution in [2.75, 3.05) is 20.1 Å². The Morgan fingerprint density at radius 3 is 2.60 bits per heavy atom. The Morgan fingerprint density at radius 1 is 1.20 bits per heavy atom. The van der Waals surface area contributed by atoms with E-state index in [9.17, 15) is 9.59 Å². The van der Waals surface area contributed by atoms with Crippen molar-refractivity contribution in [1.29, 1.82) is 0 Å². The first-order valence-corrected chi connectivity index (χ1v) is 10.5. The number of nitrogens with zero attached hydrogens (tertiary/aromatic N) is 2. The lowest BCUT2D eigenvalue weighted by Gasteiger charge is -2.20. The molecule has 0 bridgehead atoms. The van der Waals surface area contributed by atoms with Crippen LogP contribution in [-0.4, -0.2) is 48.5 Å². The molecule has 3 amide bonds. The van der Waals surface area contributed by atoms with E-state index in [2.05, 4.69) is 58.2 Å². The van der Waals surface area contributed by atoms with E-state index in [0.29, 0.717) is 31.9 Å². The Hall–Kier alpha value is -3.09. The summed E-state index contributed by atoms with van der Waals surface area (Å²) in [7, 11) is 1.73. The average molecular weight is 410 g/mol. The number of nitrogens with one attached hydrogen (secondary N) is 3. The molecule has 0 aliphatic carbocycles. The molecule has 1 aliphatic rings. The minimum absolute atomic E-state index is 0.0806. The largest absolute Gasteiger partial charge is 0.356 e. The summed E-state index contributed by atoms with van der Waals surface area (Å²) in [5, 5.41) is 11.9. The summed E-state index contributed by atoms with van der Waals surface area (Å²) in [6, 6.07) is 14.5. The van der Waals surface area contributed by atoms with Gasteiger partial charge in [-0.25, -0.2) is 4.79 Å². The zero-order valence-corrected chi connectivity index (χ0v) is 18.2. The molecule has 1 saturated heterocycles. The second kappa shape index (κ2) is 9.15. The first-order chi connectivity index (χ1) is 14.4. The quantitative estimate of drug-likeness (QED) is 0.284. The summed E-state index contributed by atoms with van der Waals surface area (Å²) in [6.45, 7) is 6.74. The van der Waals surface area contributed by atoms with Gasteiger partial charge in [0.05, 0.1) is 6.04 Å². The van der Waals surface area contributed by atoms with Crippen molar-refractivity contribution in [3.63, 3.8) is 0 Å². The zero-order chi connectivity index (χ0) is 21.7. The van der Waals surface area contributed by atoms with Crippen molar-refractivity contribution in [1.82, 2.24) is 20.9 Å². The number of fused-ring (bicyclic) bond motifs is 1. The van der Waals surface area contributed by atoms with E-state index in [4.69, 9.17) is 0 Å². The second-order valence-corrected chi connectivity index (χ2v) is 7.90. The molecule has 2 unspecified atom stereocenters. The first kappa shape index (κ1) is 21.6. The molecule has 7 nitrogen and oxygen atoms in total. The molecule has 30 heavy (non-hydrogen) atoms. The number of hydrogen-bond acceptors (Lipinski definition) is 3. The van der Waals surface area contributed by atoms with Gasteiger partial charge in [0.15, 0.2) is 5.96 Å². The molecule has 1 aliphatic heterocycles. The molecule has 1 heterocycles. The van der Waals surface area contributed by atoms with E-state index in [1.165, 1.54) is 21.2 Å². The van der Waals surface area contributed by atoms with Gasteiger partial charge in [-0.1, -0.05) is 43.3 Å². The highest BCUT2D eigenvalue weighted by molar-refractivity contribution is 6.06. The third-order valence-corrected chi connectivity index (χ3v) is 5.75. The lowest BCUT2D eigenvalue weighted by molar-refractivity contribution is -0.130. The topological polar surface area (TPSA) is 85.8 Å². The van der Waals surface area contributed by atoms with Gasteiger partial charge in [0, 0.05) is 20.1 Å². The predicted molar refractivity (Wildman–Crippen MR) is 120 cm³/mol. The maximum atomic E-state index is 12.4. The number of aliphatic imine (C=N–C) groups is 1. The van der Waals surface area contributed by atoms with Gasteiger partial charge in [0.2, 0.25) is 0 Å². The maximum Gasteiger partial charge on any atom is 0.325 e. The van der Waals surface area contributed by atoms with Gasteiger partial charge in [-0.3, -0.25) is 14.7 Å². The molecule has 2 aromatic rings. The number of amides is 3.